The third-order valence-corrected chi connectivity index (χ3v) is 2.09. The highest BCUT2D eigenvalue weighted by molar-refractivity contribution is 5.90. The molecule has 0 aromatic rings. The van der Waals surface area contributed by atoms with Crippen LogP contribution in [-0.2, 0) is 14.3 Å². The minimum absolute atomic E-state index is 0.340. The predicted molar refractivity (Wildman–Crippen MR) is 59.9 cm³/mol. The fourth-order valence-electron chi connectivity index (χ4n) is 1.44. The average molecular weight is 226 g/mol. The summed E-state index contributed by atoms with van der Waals surface area (Å²) in [6, 6.07) is 0. The number of ether oxygens (including phenoxy) is 2. The van der Waals surface area contributed by atoms with Crippen molar-refractivity contribution in [3.8, 4) is 0 Å². The highest BCUT2D eigenvalue weighted by Crippen LogP contribution is 2.20. The van der Waals surface area contributed by atoms with Crippen molar-refractivity contribution in [2.75, 3.05) is 7.11 Å². The summed E-state index contributed by atoms with van der Waals surface area (Å²) in [4.78, 5) is 11.8. The third kappa shape index (κ3) is 3.18. The fourth-order valence-corrected chi connectivity index (χ4v) is 1.44. The van der Waals surface area contributed by atoms with Crippen LogP contribution in [0.4, 0.5) is 0 Å². The molecule has 0 amide bonds. The number of carbonyl (C=O) groups is 1. The Morgan fingerprint density at radius 3 is 2.56 bits per heavy atom. The zero-order chi connectivity index (χ0) is 12.3. The number of hydrogen-bond acceptors (Lipinski definition) is 4. The van der Waals surface area contributed by atoms with Crippen molar-refractivity contribution in [2.45, 2.75) is 38.6 Å². The van der Waals surface area contributed by atoms with E-state index in [0.29, 0.717) is 5.57 Å². The molecule has 1 aliphatic carbocycles. The summed E-state index contributed by atoms with van der Waals surface area (Å²) in [5.74, 6) is -0.456. The van der Waals surface area contributed by atoms with Gasteiger partial charge in [0.25, 0.3) is 0 Å². The highest BCUT2D eigenvalue weighted by atomic mass is 16.6. The van der Waals surface area contributed by atoms with Gasteiger partial charge in [-0.2, -0.15) is 0 Å². The van der Waals surface area contributed by atoms with Crippen LogP contribution in [0.15, 0.2) is 23.8 Å². The van der Waals surface area contributed by atoms with Crippen LogP contribution in [0, 0.1) is 0 Å². The number of allylic oxidation sites excluding steroid dienone is 2. The number of esters is 1. The van der Waals surface area contributed by atoms with E-state index in [-0.39, 0.29) is 0 Å². The number of hydrogen-bond donors (Lipinski definition) is 1. The molecule has 1 rings (SSSR count). The first-order valence-corrected chi connectivity index (χ1v) is 5.18. The van der Waals surface area contributed by atoms with Gasteiger partial charge in [-0.1, -0.05) is 12.2 Å². The van der Waals surface area contributed by atoms with E-state index in [1.807, 2.05) is 0 Å². The van der Waals surface area contributed by atoms with Crippen molar-refractivity contribution >= 4 is 5.97 Å². The van der Waals surface area contributed by atoms with Gasteiger partial charge in [-0.3, -0.25) is 0 Å². The lowest BCUT2D eigenvalue weighted by atomic mass is 9.99. The van der Waals surface area contributed by atoms with Crippen molar-refractivity contribution in [1.29, 1.82) is 0 Å². The lowest BCUT2D eigenvalue weighted by molar-refractivity contribution is -0.152. The Bertz CT molecular complexity index is 322. The Balaban J connectivity index is 2.82. The van der Waals surface area contributed by atoms with Gasteiger partial charge in [0.1, 0.15) is 17.8 Å². The molecule has 90 valence electrons. The second-order valence-electron chi connectivity index (χ2n) is 4.66. The van der Waals surface area contributed by atoms with Gasteiger partial charge in [0.15, 0.2) is 0 Å². The Kier molecular flexibility index (Phi) is 3.88. The Morgan fingerprint density at radius 1 is 1.44 bits per heavy atom. The first kappa shape index (κ1) is 12.9. The Labute approximate surface area is 95.6 Å². The minimum Gasteiger partial charge on any atom is -0.457 e. The maximum atomic E-state index is 11.8. The van der Waals surface area contributed by atoms with Crippen molar-refractivity contribution < 1.29 is 19.4 Å². The summed E-state index contributed by atoms with van der Waals surface area (Å²) < 4.78 is 10.3. The topological polar surface area (TPSA) is 55.8 Å². The molecule has 0 saturated carbocycles. The molecular formula is C12H18O4. The van der Waals surface area contributed by atoms with E-state index < -0.39 is 23.8 Å². The lowest BCUT2D eigenvalue weighted by Crippen LogP contribution is -2.36. The standard InChI is InChI=1S/C12H18O4/c1-12(2,3)16-11(14)8-6-5-7-9(13)10(8)15-4/h5-7,9-10,13H,1-4H3/t9-,10-/m1/s1. The van der Waals surface area contributed by atoms with Gasteiger partial charge in [0.2, 0.25) is 0 Å². The summed E-state index contributed by atoms with van der Waals surface area (Å²) >= 11 is 0. The fraction of sp³-hybridized carbons (Fsp3) is 0.583. The SMILES string of the molecule is CO[C@@H]1C(C(=O)OC(C)(C)C)=CC=C[C@H]1O. The predicted octanol–water partition coefficient (Wildman–Crippen LogP) is 1.20. The molecule has 0 fully saturated rings. The summed E-state index contributed by atoms with van der Waals surface area (Å²) in [7, 11) is 1.45. The van der Waals surface area contributed by atoms with Gasteiger partial charge < -0.3 is 14.6 Å². The van der Waals surface area contributed by atoms with E-state index in [9.17, 15) is 9.90 Å². The highest BCUT2D eigenvalue weighted by Gasteiger charge is 2.31. The van der Waals surface area contributed by atoms with Crippen LogP contribution < -0.4 is 0 Å². The molecular weight excluding hydrogens is 208 g/mol. The summed E-state index contributed by atoms with van der Waals surface area (Å²) in [5, 5.41) is 9.63. The number of methoxy groups -OCH3 is 1. The molecule has 4 heteroatoms. The van der Waals surface area contributed by atoms with E-state index in [2.05, 4.69) is 0 Å². The number of rotatable bonds is 2. The zero-order valence-corrected chi connectivity index (χ0v) is 10.1. The monoisotopic (exact) mass is 226 g/mol. The minimum atomic E-state index is -0.808. The van der Waals surface area contributed by atoms with Crippen molar-refractivity contribution in [3.63, 3.8) is 0 Å². The molecule has 1 aliphatic rings. The van der Waals surface area contributed by atoms with Gasteiger partial charge in [-0.15, -0.1) is 0 Å². The molecule has 0 radical (unpaired) electrons. The van der Waals surface area contributed by atoms with E-state index >= 15 is 0 Å². The van der Waals surface area contributed by atoms with E-state index in [4.69, 9.17) is 9.47 Å². The second kappa shape index (κ2) is 4.80. The molecule has 0 bridgehead atoms. The van der Waals surface area contributed by atoms with Gasteiger partial charge in [-0.25, -0.2) is 4.79 Å². The molecule has 1 N–H and O–H groups in total. The zero-order valence-electron chi connectivity index (χ0n) is 10.1. The molecule has 4 nitrogen and oxygen atoms in total. The molecule has 0 aliphatic heterocycles. The number of aliphatic hydroxyl groups excluding tert-OH is 1. The van der Waals surface area contributed by atoms with Crippen LogP contribution >= 0.6 is 0 Å². The molecule has 0 unspecified atom stereocenters. The maximum absolute atomic E-state index is 11.8. The smallest absolute Gasteiger partial charge is 0.337 e. The lowest BCUT2D eigenvalue weighted by Gasteiger charge is -2.26. The quantitative estimate of drug-likeness (QED) is 0.719. The van der Waals surface area contributed by atoms with Crippen LogP contribution in [0.25, 0.3) is 0 Å². The van der Waals surface area contributed by atoms with Crippen LogP contribution in [0.1, 0.15) is 20.8 Å². The Hall–Kier alpha value is -1.13. The van der Waals surface area contributed by atoms with Crippen molar-refractivity contribution in [2.24, 2.45) is 0 Å². The van der Waals surface area contributed by atoms with Crippen LogP contribution in [0.3, 0.4) is 0 Å². The number of carbonyl (C=O) groups excluding carboxylic acids is 1. The number of aliphatic hydroxyl groups is 1. The van der Waals surface area contributed by atoms with Crippen LogP contribution in [0.2, 0.25) is 0 Å². The summed E-state index contributed by atoms with van der Waals surface area (Å²) in [6.45, 7) is 5.38. The summed E-state index contributed by atoms with van der Waals surface area (Å²) in [6.07, 6.45) is 3.34. The first-order chi connectivity index (χ1) is 7.35. The van der Waals surface area contributed by atoms with Crippen LogP contribution in [-0.4, -0.2) is 36.0 Å². The molecule has 0 aromatic heterocycles. The average Bonchev–Trinajstić information content (AvgIpc) is 2.14. The molecule has 0 saturated heterocycles. The largest absolute Gasteiger partial charge is 0.457 e. The Morgan fingerprint density at radius 2 is 2.06 bits per heavy atom. The normalized spacial score (nSPS) is 25.2. The van der Waals surface area contributed by atoms with Gasteiger partial charge in [0.05, 0.1) is 5.57 Å². The van der Waals surface area contributed by atoms with Crippen molar-refractivity contribution in [3.05, 3.63) is 23.8 Å². The molecule has 0 spiro atoms. The first-order valence-electron chi connectivity index (χ1n) is 5.18. The molecule has 2 atom stereocenters. The third-order valence-electron chi connectivity index (χ3n) is 2.09. The van der Waals surface area contributed by atoms with Gasteiger partial charge >= 0.3 is 5.97 Å². The van der Waals surface area contributed by atoms with Gasteiger partial charge in [0, 0.05) is 7.11 Å². The van der Waals surface area contributed by atoms with Gasteiger partial charge in [-0.05, 0) is 26.8 Å². The van der Waals surface area contributed by atoms with E-state index in [0.717, 1.165) is 0 Å². The van der Waals surface area contributed by atoms with E-state index in [1.54, 1.807) is 39.0 Å². The van der Waals surface area contributed by atoms with Crippen molar-refractivity contribution in [1.82, 2.24) is 0 Å². The molecule has 0 aromatic carbocycles. The molecule has 16 heavy (non-hydrogen) atoms. The van der Waals surface area contributed by atoms with Crippen LogP contribution in [0.5, 0.6) is 0 Å². The second-order valence-corrected chi connectivity index (χ2v) is 4.66. The molecule has 0 heterocycles. The maximum Gasteiger partial charge on any atom is 0.337 e. The summed E-state index contributed by atoms with van der Waals surface area (Å²) in [5.41, 5.74) is -0.213. The van der Waals surface area contributed by atoms with E-state index in [1.165, 1.54) is 7.11 Å².